The van der Waals surface area contributed by atoms with E-state index in [9.17, 15) is 4.79 Å². The Bertz CT molecular complexity index is 1430. The number of hydrogen-bond donors (Lipinski definition) is 0. The van der Waals surface area contributed by atoms with Crippen molar-refractivity contribution in [3.05, 3.63) is 77.4 Å². The zero-order valence-electron chi connectivity index (χ0n) is 27.7. The lowest BCUT2D eigenvalue weighted by Crippen LogP contribution is -2.68. The monoisotopic (exact) mass is 629 g/mol. The van der Waals surface area contributed by atoms with Crippen LogP contribution < -0.4 is 14.2 Å². The van der Waals surface area contributed by atoms with Gasteiger partial charge in [0.1, 0.15) is 0 Å². The molecular weight excluding hydrogens is 582 g/mol. The van der Waals surface area contributed by atoms with E-state index in [1.807, 2.05) is 27.7 Å². The van der Waals surface area contributed by atoms with E-state index in [1.54, 1.807) is 7.11 Å². The quantitative estimate of drug-likeness (QED) is 0.309. The lowest BCUT2D eigenvalue weighted by molar-refractivity contribution is -0.173. The van der Waals surface area contributed by atoms with Gasteiger partial charge in [0.2, 0.25) is 17.7 Å². The van der Waals surface area contributed by atoms with Crippen LogP contribution in [-0.4, -0.2) is 108 Å². The molecule has 0 bridgehead atoms. The molecule has 6 rings (SSSR count). The highest BCUT2D eigenvalue weighted by Gasteiger charge is 2.48. The Labute approximate surface area is 272 Å². The summed E-state index contributed by atoms with van der Waals surface area (Å²) >= 11 is 0. The normalized spacial score (nSPS) is 21.5. The molecule has 0 saturated carbocycles. The number of benzene rings is 2. The summed E-state index contributed by atoms with van der Waals surface area (Å²) in [4.78, 5) is 30.1. The van der Waals surface area contributed by atoms with E-state index in [0.717, 1.165) is 25.2 Å². The highest BCUT2D eigenvalue weighted by molar-refractivity contribution is 5.83. The minimum absolute atomic E-state index is 0.0901. The van der Waals surface area contributed by atoms with Gasteiger partial charge in [-0.15, -0.1) is 0 Å². The van der Waals surface area contributed by atoms with Crippen LogP contribution in [0, 0.1) is 5.41 Å². The van der Waals surface area contributed by atoms with Crippen LogP contribution in [0.1, 0.15) is 50.3 Å². The lowest BCUT2D eigenvalue weighted by atomic mass is 9.81. The van der Waals surface area contributed by atoms with Gasteiger partial charge in [0.15, 0.2) is 0 Å². The molecule has 0 radical (unpaired) electrons. The van der Waals surface area contributed by atoms with Gasteiger partial charge in [-0.2, -0.15) is 9.97 Å². The van der Waals surface area contributed by atoms with Gasteiger partial charge in [-0.3, -0.25) is 14.6 Å². The number of rotatable bonds is 11. The number of aromatic nitrogens is 2. The third kappa shape index (κ3) is 6.70. The average molecular weight is 630 g/mol. The van der Waals surface area contributed by atoms with Gasteiger partial charge in [-0.05, 0) is 38.8 Å². The number of hydrogen-bond acceptors (Lipinski definition) is 9. The van der Waals surface area contributed by atoms with Crippen molar-refractivity contribution >= 4 is 5.91 Å². The van der Waals surface area contributed by atoms with Gasteiger partial charge in [-0.25, -0.2) is 0 Å². The molecule has 0 spiro atoms. The largest absolute Gasteiger partial charge is 0.481 e. The Morgan fingerprint density at radius 1 is 0.957 bits per heavy atom. The Hall–Kier alpha value is -3.73. The molecule has 10 nitrogen and oxygen atoms in total. The molecule has 0 N–H and O–H groups in total. The standard InChI is InChI=1S/C36H47N5O5/c1-6-45-35-37-32(43-5)29(33(38-35)46-25(2)3)21-39-19-28-20-40(34(42)36(4)23-44-24-36)17-18-41(28)30(22-39)31(26-13-9-7-10-14-26)27-15-11-8-12-16-27/h7-16,25,28,30-31H,6,17-24H2,1-5H3/t28-,30?/m1/s1. The molecule has 1 aromatic heterocycles. The molecule has 246 valence electrons. The summed E-state index contributed by atoms with van der Waals surface area (Å²) in [7, 11) is 1.62. The van der Waals surface area contributed by atoms with Crippen LogP contribution in [0.5, 0.6) is 17.8 Å². The van der Waals surface area contributed by atoms with Gasteiger partial charge >= 0.3 is 6.01 Å². The second-order valence-electron chi connectivity index (χ2n) is 13.2. The summed E-state index contributed by atoms with van der Waals surface area (Å²) in [6.45, 7) is 13.6. The van der Waals surface area contributed by atoms with Gasteiger partial charge in [0.05, 0.1) is 44.0 Å². The Morgan fingerprint density at radius 2 is 1.61 bits per heavy atom. The highest BCUT2D eigenvalue weighted by atomic mass is 16.5. The predicted octanol–water partition coefficient (Wildman–Crippen LogP) is 4.24. The predicted molar refractivity (Wildman–Crippen MR) is 175 cm³/mol. The van der Waals surface area contributed by atoms with Crippen LogP contribution in [0.2, 0.25) is 0 Å². The number of carbonyl (C=O) groups is 1. The van der Waals surface area contributed by atoms with Crippen LogP contribution in [0.15, 0.2) is 60.7 Å². The molecule has 3 aliphatic heterocycles. The van der Waals surface area contributed by atoms with Crippen molar-refractivity contribution in [3.8, 4) is 17.8 Å². The molecular formula is C36H47N5O5. The number of fused-ring (bicyclic) bond motifs is 1. The fourth-order valence-electron chi connectivity index (χ4n) is 7.16. The third-order valence-electron chi connectivity index (χ3n) is 9.32. The topological polar surface area (TPSA) is 89.5 Å². The zero-order chi connectivity index (χ0) is 32.3. The molecule has 3 aliphatic rings. The van der Waals surface area contributed by atoms with E-state index in [4.69, 9.17) is 18.9 Å². The molecule has 1 amide bonds. The molecule has 10 heteroatoms. The molecule has 0 aliphatic carbocycles. The molecule has 1 unspecified atom stereocenters. The van der Waals surface area contributed by atoms with Crippen LogP contribution in [0.25, 0.3) is 0 Å². The summed E-state index contributed by atoms with van der Waals surface area (Å²) in [6.07, 6.45) is -0.0901. The van der Waals surface area contributed by atoms with Crippen molar-refractivity contribution in [2.45, 2.75) is 58.3 Å². The minimum Gasteiger partial charge on any atom is -0.481 e. The molecule has 3 fully saturated rings. The van der Waals surface area contributed by atoms with E-state index >= 15 is 0 Å². The highest BCUT2D eigenvalue weighted by Crippen LogP contribution is 2.38. The van der Waals surface area contributed by atoms with Gasteiger partial charge in [-0.1, -0.05) is 60.7 Å². The van der Waals surface area contributed by atoms with Gasteiger partial charge in [0, 0.05) is 57.3 Å². The number of amides is 1. The number of ether oxygens (including phenoxy) is 4. The van der Waals surface area contributed by atoms with E-state index in [2.05, 4.69) is 85.3 Å². The maximum atomic E-state index is 13.7. The Morgan fingerprint density at radius 3 is 2.17 bits per heavy atom. The summed E-state index contributed by atoms with van der Waals surface area (Å²) in [5.41, 5.74) is 2.93. The van der Waals surface area contributed by atoms with Crippen molar-refractivity contribution in [2.24, 2.45) is 5.41 Å². The van der Waals surface area contributed by atoms with Crippen LogP contribution in [0.4, 0.5) is 0 Å². The number of piperazine rings is 2. The summed E-state index contributed by atoms with van der Waals surface area (Å²) < 4.78 is 23.2. The minimum atomic E-state index is -0.428. The molecule has 2 aromatic carbocycles. The zero-order valence-corrected chi connectivity index (χ0v) is 27.7. The smallest absolute Gasteiger partial charge is 0.323 e. The first-order chi connectivity index (χ1) is 22.3. The van der Waals surface area contributed by atoms with Crippen molar-refractivity contribution in [2.75, 3.05) is 59.7 Å². The van der Waals surface area contributed by atoms with Crippen LogP contribution >= 0.6 is 0 Å². The Kier molecular flexibility index (Phi) is 9.77. The van der Waals surface area contributed by atoms with Crippen molar-refractivity contribution in [3.63, 3.8) is 0 Å². The molecule has 4 heterocycles. The molecule has 46 heavy (non-hydrogen) atoms. The van der Waals surface area contributed by atoms with Gasteiger partial charge < -0.3 is 23.8 Å². The SMILES string of the molecule is CCOc1nc(OC)c(CN2CC(C(c3ccccc3)c3ccccc3)N3CCN(C(=O)C4(C)COC4)C[C@H]3C2)c(OC(C)C)n1. The number of methoxy groups -OCH3 is 1. The van der Waals surface area contributed by atoms with E-state index in [0.29, 0.717) is 51.2 Å². The van der Waals surface area contributed by atoms with E-state index in [-0.39, 0.29) is 36.0 Å². The lowest BCUT2D eigenvalue weighted by Gasteiger charge is -2.54. The Balaban J connectivity index is 1.37. The molecule has 2 atom stereocenters. The number of nitrogens with zero attached hydrogens (tertiary/aromatic N) is 5. The fourth-order valence-corrected chi connectivity index (χ4v) is 7.16. The average Bonchev–Trinajstić information content (AvgIpc) is 3.05. The summed E-state index contributed by atoms with van der Waals surface area (Å²) in [5, 5.41) is 0. The van der Waals surface area contributed by atoms with Crippen LogP contribution in [0.3, 0.4) is 0 Å². The first-order valence-electron chi connectivity index (χ1n) is 16.5. The van der Waals surface area contributed by atoms with Crippen LogP contribution in [-0.2, 0) is 16.1 Å². The third-order valence-corrected chi connectivity index (χ3v) is 9.32. The maximum Gasteiger partial charge on any atom is 0.323 e. The summed E-state index contributed by atoms with van der Waals surface area (Å²) in [6, 6.07) is 22.1. The van der Waals surface area contributed by atoms with E-state index < -0.39 is 5.41 Å². The van der Waals surface area contributed by atoms with Crippen molar-refractivity contribution < 1.29 is 23.7 Å². The first kappa shape index (κ1) is 32.2. The molecule has 3 aromatic rings. The summed E-state index contributed by atoms with van der Waals surface area (Å²) in [5.74, 6) is 1.26. The van der Waals surface area contributed by atoms with Gasteiger partial charge in [0.25, 0.3) is 0 Å². The number of carbonyl (C=O) groups excluding carboxylic acids is 1. The molecule has 3 saturated heterocycles. The first-order valence-corrected chi connectivity index (χ1v) is 16.5. The fraction of sp³-hybridized carbons (Fsp3) is 0.528. The van der Waals surface area contributed by atoms with E-state index in [1.165, 1.54) is 11.1 Å². The van der Waals surface area contributed by atoms with Crippen molar-refractivity contribution in [1.29, 1.82) is 0 Å². The maximum absolute atomic E-state index is 13.7. The second kappa shape index (κ2) is 13.9. The van der Waals surface area contributed by atoms with Crippen molar-refractivity contribution in [1.82, 2.24) is 24.7 Å². The second-order valence-corrected chi connectivity index (χ2v) is 13.2.